The Morgan fingerprint density at radius 1 is 1.17 bits per heavy atom. The van der Waals surface area contributed by atoms with Gasteiger partial charge in [0.2, 0.25) is 11.8 Å². The molecule has 1 N–H and O–H groups in total. The van der Waals surface area contributed by atoms with Crippen LogP contribution in [0, 0.1) is 5.92 Å². The maximum Gasteiger partial charge on any atom is 0.232 e. The number of amides is 1. The second-order valence-electron chi connectivity index (χ2n) is 7.92. The fourth-order valence-electron chi connectivity index (χ4n) is 3.81. The third-order valence-electron chi connectivity index (χ3n) is 5.69. The van der Waals surface area contributed by atoms with Gasteiger partial charge in [-0.25, -0.2) is 9.50 Å². The maximum absolute atomic E-state index is 11.8. The third-order valence-corrected chi connectivity index (χ3v) is 5.69. The Bertz CT molecular complexity index is 1180. The second kappa shape index (κ2) is 6.34. The fourth-order valence-corrected chi connectivity index (χ4v) is 3.81. The number of fused-ring (bicyclic) bond motifs is 2. The lowest BCUT2D eigenvalue weighted by atomic mass is 9.89. The van der Waals surface area contributed by atoms with E-state index in [0.29, 0.717) is 5.88 Å². The van der Waals surface area contributed by atoms with Gasteiger partial charge in [0.1, 0.15) is 17.4 Å². The molecule has 29 heavy (non-hydrogen) atoms. The van der Waals surface area contributed by atoms with Crippen molar-refractivity contribution < 1.29 is 13.9 Å². The van der Waals surface area contributed by atoms with Gasteiger partial charge in [0, 0.05) is 36.3 Å². The molecule has 6 rings (SSSR count). The van der Waals surface area contributed by atoms with Crippen LogP contribution < -0.4 is 10.1 Å². The highest BCUT2D eigenvalue weighted by Crippen LogP contribution is 2.32. The van der Waals surface area contributed by atoms with Gasteiger partial charge in [-0.3, -0.25) is 4.79 Å². The molecule has 0 saturated heterocycles. The zero-order valence-corrected chi connectivity index (χ0v) is 15.7. The van der Waals surface area contributed by atoms with Gasteiger partial charge >= 0.3 is 0 Å². The van der Waals surface area contributed by atoms with Gasteiger partial charge in [0.15, 0.2) is 11.4 Å². The highest BCUT2D eigenvalue weighted by molar-refractivity contribution is 5.82. The number of furan rings is 1. The van der Waals surface area contributed by atoms with E-state index in [-0.39, 0.29) is 24.0 Å². The lowest BCUT2D eigenvalue weighted by molar-refractivity contribution is -0.124. The van der Waals surface area contributed by atoms with Crippen LogP contribution in [0.15, 0.2) is 53.1 Å². The lowest BCUT2D eigenvalue weighted by Crippen LogP contribution is -2.49. The molecule has 2 aliphatic rings. The number of benzene rings is 1. The zero-order valence-electron chi connectivity index (χ0n) is 15.7. The Morgan fingerprint density at radius 3 is 2.86 bits per heavy atom. The molecule has 0 radical (unpaired) electrons. The number of rotatable bonds is 5. The number of nitrogens with one attached hydrogen (secondary N) is 1. The number of nitrogens with zero attached hydrogens (tertiary/aromatic N) is 3. The Labute approximate surface area is 166 Å². The maximum atomic E-state index is 11.8. The van der Waals surface area contributed by atoms with E-state index in [0.717, 1.165) is 53.8 Å². The van der Waals surface area contributed by atoms with Gasteiger partial charge in [0.05, 0.1) is 6.20 Å². The molecule has 3 aromatic heterocycles. The summed E-state index contributed by atoms with van der Waals surface area (Å²) in [6.07, 6.45) is 5.53. The van der Waals surface area contributed by atoms with Crippen LogP contribution in [0.2, 0.25) is 0 Å². The van der Waals surface area contributed by atoms with Gasteiger partial charge < -0.3 is 14.5 Å². The predicted molar refractivity (Wildman–Crippen MR) is 106 cm³/mol. The first-order chi connectivity index (χ1) is 14.2. The molecule has 1 aromatic carbocycles. The van der Waals surface area contributed by atoms with Crippen molar-refractivity contribution >= 4 is 22.5 Å². The van der Waals surface area contributed by atoms with E-state index in [2.05, 4.69) is 15.4 Å². The Morgan fingerprint density at radius 2 is 2.03 bits per heavy atom. The molecule has 0 unspecified atom stereocenters. The Kier molecular flexibility index (Phi) is 3.62. The summed E-state index contributed by atoms with van der Waals surface area (Å²) in [6.45, 7) is 0. The number of ether oxygens (including phenoxy) is 1. The van der Waals surface area contributed by atoms with E-state index in [1.807, 2.05) is 42.5 Å². The quantitative estimate of drug-likeness (QED) is 0.565. The average Bonchev–Trinajstić information content (AvgIpc) is 3.33. The summed E-state index contributed by atoms with van der Waals surface area (Å²) in [5.41, 5.74) is 2.35. The van der Waals surface area contributed by atoms with Crippen LogP contribution in [0.5, 0.6) is 5.88 Å². The van der Waals surface area contributed by atoms with Crippen LogP contribution in [0.3, 0.4) is 0 Å². The standard InChI is InChI=1S/C22H20N4O3/c27-22(13-5-6-13)24-15-10-16(11-15)28-21-8-7-20-23-12-17(26(20)25-21)19-9-14-3-1-2-4-18(14)29-19/h1-4,7-9,12-13,15-16H,5-6,10-11H2,(H,24,27)/t15-,16-. The van der Waals surface area contributed by atoms with E-state index in [4.69, 9.17) is 9.15 Å². The van der Waals surface area contributed by atoms with E-state index in [9.17, 15) is 4.79 Å². The number of imidazole rings is 1. The van der Waals surface area contributed by atoms with Gasteiger partial charge in [0.25, 0.3) is 0 Å². The highest BCUT2D eigenvalue weighted by atomic mass is 16.5. The zero-order chi connectivity index (χ0) is 19.4. The first-order valence-corrected chi connectivity index (χ1v) is 10.0. The molecule has 0 atom stereocenters. The molecule has 0 bridgehead atoms. The third kappa shape index (κ3) is 3.03. The molecular formula is C22H20N4O3. The Balaban J connectivity index is 1.20. The summed E-state index contributed by atoms with van der Waals surface area (Å²) in [7, 11) is 0. The molecule has 4 aromatic rings. The molecule has 1 amide bonds. The van der Waals surface area contributed by atoms with Crippen molar-refractivity contribution in [3.05, 3.63) is 48.7 Å². The van der Waals surface area contributed by atoms with Crippen molar-refractivity contribution in [1.82, 2.24) is 19.9 Å². The van der Waals surface area contributed by atoms with Gasteiger partial charge in [-0.05, 0) is 31.0 Å². The number of carbonyl (C=O) groups is 1. The van der Waals surface area contributed by atoms with Crippen LogP contribution in [-0.2, 0) is 4.79 Å². The van der Waals surface area contributed by atoms with Crippen LogP contribution in [0.1, 0.15) is 25.7 Å². The van der Waals surface area contributed by atoms with Crippen molar-refractivity contribution in [3.8, 4) is 17.3 Å². The van der Waals surface area contributed by atoms with Crippen LogP contribution in [0.4, 0.5) is 0 Å². The minimum atomic E-state index is 0.0719. The number of aromatic nitrogens is 3. The second-order valence-corrected chi connectivity index (χ2v) is 7.92. The van der Waals surface area contributed by atoms with Crippen LogP contribution in [-0.4, -0.2) is 32.7 Å². The molecule has 2 aliphatic carbocycles. The summed E-state index contributed by atoms with van der Waals surface area (Å²) >= 11 is 0. The average molecular weight is 388 g/mol. The molecule has 7 heteroatoms. The smallest absolute Gasteiger partial charge is 0.232 e. The van der Waals surface area contributed by atoms with E-state index < -0.39 is 0 Å². The molecule has 7 nitrogen and oxygen atoms in total. The number of hydrogen-bond donors (Lipinski definition) is 1. The monoisotopic (exact) mass is 388 g/mol. The van der Waals surface area contributed by atoms with E-state index in [1.165, 1.54) is 0 Å². The summed E-state index contributed by atoms with van der Waals surface area (Å²) in [6, 6.07) is 13.8. The minimum Gasteiger partial charge on any atom is -0.473 e. The summed E-state index contributed by atoms with van der Waals surface area (Å²) < 4.78 is 13.7. The fraction of sp³-hybridized carbons (Fsp3) is 0.318. The Hall–Kier alpha value is -3.35. The molecule has 146 valence electrons. The molecule has 2 fully saturated rings. The number of para-hydroxylation sites is 1. The van der Waals surface area contributed by atoms with Crippen molar-refractivity contribution in [2.24, 2.45) is 5.92 Å². The first kappa shape index (κ1) is 16.6. The van der Waals surface area contributed by atoms with Crippen molar-refractivity contribution in [2.45, 2.75) is 37.8 Å². The first-order valence-electron chi connectivity index (χ1n) is 10.0. The molecular weight excluding hydrogens is 368 g/mol. The molecule has 0 spiro atoms. The van der Waals surface area contributed by atoms with Crippen molar-refractivity contribution in [3.63, 3.8) is 0 Å². The van der Waals surface area contributed by atoms with Gasteiger partial charge in [-0.2, -0.15) is 0 Å². The number of hydrogen-bond acceptors (Lipinski definition) is 5. The van der Waals surface area contributed by atoms with Gasteiger partial charge in [-0.15, -0.1) is 5.10 Å². The predicted octanol–water partition coefficient (Wildman–Crippen LogP) is 3.58. The largest absolute Gasteiger partial charge is 0.473 e. The SMILES string of the molecule is O=C(N[C@H]1C[C@H](Oc2ccc3ncc(-c4cc5ccccc5o4)n3n2)C1)C1CC1. The van der Waals surface area contributed by atoms with E-state index in [1.54, 1.807) is 10.7 Å². The van der Waals surface area contributed by atoms with Crippen molar-refractivity contribution in [1.29, 1.82) is 0 Å². The van der Waals surface area contributed by atoms with E-state index >= 15 is 0 Å². The summed E-state index contributed by atoms with van der Waals surface area (Å²) in [4.78, 5) is 16.3. The van der Waals surface area contributed by atoms with Crippen LogP contribution >= 0.6 is 0 Å². The topological polar surface area (TPSA) is 81.7 Å². The van der Waals surface area contributed by atoms with Gasteiger partial charge in [-0.1, -0.05) is 18.2 Å². The summed E-state index contributed by atoms with van der Waals surface area (Å²) in [5.74, 6) is 1.71. The normalized spacial score (nSPS) is 21.2. The molecule has 3 heterocycles. The van der Waals surface area contributed by atoms with Crippen molar-refractivity contribution in [2.75, 3.05) is 0 Å². The molecule has 2 saturated carbocycles. The molecule has 0 aliphatic heterocycles. The highest BCUT2D eigenvalue weighted by Gasteiger charge is 2.36. The lowest BCUT2D eigenvalue weighted by Gasteiger charge is -2.35. The number of carbonyl (C=O) groups excluding carboxylic acids is 1. The van der Waals surface area contributed by atoms with Crippen LogP contribution in [0.25, 0.3) is 28.1 Å². The summed E-state index contributed by atoms with van der Waals surface area (Å²) in [5, 5.41) is 8.75. The minimum absolute atomic E-state index is 0.0719.